The number of carbonyl (C=O) groups excluding carboxylic acids is 1. The number of hydrogen-bond acceptors (Lipinski definition) is 3. The zero-order valence-electron chi connectivity index (χ0n) is 9.97. The summed E-state index contributed by atoms with van der Waals surface area (Å²) in [7, 11) is 1.85. The van der Waals surface area contributed by atoms with Crippen LogP contribution in [0.3, 0.4) is 0 Å². The van der Waals surface area contributed by atoms with Gasteiger partial charge in [-0.2, -0.15) is 0 Å². The van der Waals surface area contributed by atoms with E-state index in [0.717, 1.165) is 0 Å². The van der Waals surface area contributed by atoms with Crippen molar-refractivity contribution in [1.29, 1.82) is 0 Å². The molecule has 0 aromatic carbocycles. The quantitative estimate of drug-likeness (QED) is 0.542. The lowest BCUT2D eigenvalue weighted by Crippen LogP contribution is -2.33. The van der Waals surface area contributed by atoms with Crippen LogP contribution in [0.4, 0.5) is 0 Å². The Hall–Kier alpha value is -1.01. The van der Waals surface area contributed by atoms with Gasteiger partial charge in [-0.25, -0.2) is 0 Å². The smallest absolute Gasteiger partial charge is 0.293 e. The second-order valence-electron chi connectivity index (χ2n) is 4.35. The molecule has 0 aliphatic rings. The van der Waals surface area contributed by atoms with Gasteiger partial charge >= 0.3 is 0 Å². The number of terminal acetylenes is 1. The fraction of sp³-hybridized carbons (Fsp3) is 0.727. The minimum atomic E-state index is -0.318. The molecule has 1 N–H and O–H groups in total. The van der Waals surface area contributed by atoms with Crippen molar-refractivity contribution in [1.82, 2.24) is 5.32 Å². The second kappa shape index (κ2) is 6.44. The highest BCUT2D eigenvalue weighted by Crippen LogP contribution is 2.02. The number of rotatable bonds is 2. The SMILES string of the molecule is C#CC(C)(C)NC.CC(C)(C)OC=O. The lowest BCUT2D eigenvalue weighted by Gasteiger charge is -2.14. The van der Waals surface area contributed by atoms with Gasteiger partial charge in [0.1, 0.15) is 5.60 Å². The lowest BCUT2D eigenvalue weighted by molar-refractivity contribution is -0.138. The minimum Gasteiger partial charge on any atom is -0.462 e. The van der Waals surface area contributed by atoms with Gasteiger partial charge in [0.05, 0.1) is 5.54 Å². The molecule has 0 aromatic heterocycles. The van der Waals surface area contributed by atoms with Crippen molar-refractivity contribution in [3.8, 4) is 12.3 Å². The Morgan fingerprint density at radius 3 is 1.71 bits per heavy atom. The molecule has 0 saturated heterocycles. The molecule has 0 amide bonds. The Morgan fingerprint density at radius 1 is 1.29 bits per heavy atom. The molecule has 0 aliphatic carbocycles. The van der Waals surface area contributed by atoms with Crippen LogP contribution < -0.4 is 5.32 Å². The lowest BCUT2D eigenvalue weighted by atomic mass is 10.1. The van der Waals surface area contributed by atoms with Gasteiger partial charge in [0, 0.05) is 0 Å². The highest BCUT2D eigenvalue weighted by molar-refractivity contribution is 5.37. The highest BCUT2D eigenvalue weighted by atomic mass is 16.5. The Bertz CT molecular complexity index is 196. The first-order chi connectivity index (χ1) is 6.18. The molecule has 0 aliphatic heterocycles. The number of ether oxygens (including phenoxy) is 1. The van der Waals surface area contributed by atoms with Crippen LogP contribution in [0.2, 0.25) is 0 Å². The van der Waals surface area contributed by atoms with Crippen LogP contribution in [-0.2, 0) is 9.53 Å². The molecule has 0 rings (SSSR count). The van der Waals surface area contributed by atoms with Crippen molar-refractivity contribution in [2.75, 3.05) is 7.05 Å². The van der Waals surface area contributed by atoms with Crippen LogP contribution in [0, 0.1) is 12.3 Å². The zero-order chi connectivity index (χ0) is 11.8. The largest absolute Gasteiger partial charge is 0.462 e. The normalized spacial score (nSPS) is 10.6. The highest BCUT2D eigenvalue weighted by Gasteiger charge is 2.07. The molecule has 0 fully saturated rings. The van der Waals surface area contributed by atoms with Crippen LogP contribution in [0.15, 0.2) is 0 Å². The maximum Gasteiger partial charge on any atom is 0.293 e. The van der Waals surface area contributed by atoms with Crippen LogP contribution in [0.1, 0.15) is 34.6 Å². The standard InChI is InChI=1S/C6H11N.C5H10O2/c1-5-6(2,3)7-4;1-5(2,3)7-4-6/h1,7H,2-4H3;4H,1-3H3. The maximum absolute atomic E-state index is 9.60. The Morgan fingerprint density at radius 2 is 1.71 bits per heavy atom. The summed E-state index contributed by atoms with van der Waals surface area (Å²) < 4.78 is 4.55. The third kappa shape index (κ3) is 13.6. The van der Waals surface area contributed by atoms with Gasteiger partial charge in [0.2, 0.25) is 0 Å². The molecule has 0 aromatic rings. The number of nitrogens with one attached hydrogen (secondary N) is 1. The molecule has 14 heavy (non-hydrogen) atoms. The molecule has 0 atom stereocenters. The fourth-order valence-electron chi connectivity index (χ4n) is 0.217. The minimum absolute atomic E-state index is 0.139. The van der Waals surface area contributed by atoms with E-state index in [2.05, 4.69) is 16.0 Å². The number of carbonyl (C=O) groups is 1. The Balaban J connectivity index is 0. The van der Waals surface area contributed by atoms with E-state index in [4.69, 9.17) is 6.42 Å². The molecule has 0 radical (unpaired) electrons. The van der Waals surface area contributed by atoms with E-state index in [1.807, 2.05) is 41.7 Å². The second-order valence-corrected chi connectivity index (χ2v) is 4.35. The summed E-state index contributed by atoms with van der Waals surface area (Å²) in [6.07, 6.45) is 5.10. The van der Waals surface area contributed by atoms with Gasteiger partial charge in [-0.3, -0.25) is 4.79 Å². The van der Waals surface area contributed by atoms with E-state index in [0.29, 0.717) is 6.47 Å². The molecule has 3 heteroatoms. The molecule has 0 saturated carbocycles. The van der Waals surface area contributed by atoms with Gasteiger partial charge in [0.25, 0.3) is 6.47 Å². The summed E-state index contributed by atoms with van der Waals surface area (Å²) in [6.45, 7) is 9.82. The first-order valence-electron chi connectivity index (χ1n) is 4.46. The maximum atomic E-state index is 9.60. The fourth-order valence-corrected chi connectivity index (χ4v) is 0.217. The third-order valence-electron chi connectivity index (χ3n) is 1.39. The average Bonchev–Trinajstić information content (AvgIpc) is 2.04. The van der Waals surface area contributed by atoms with Crippen LogP contribution in [0.5, 0.6) is 0 Å². The predicted octanol–water partition coefficient (Wildman–Crippen LogP) is 1.58. The van der Waals surface area contributed by atoms with Crippen molar-refractivity contribution in [2.24, 2.45) is 0 Å². The Labute approximate surface area is 87.2 Å². The summed E-state index contributed by atoms with van der Waals surface area (Å²) >= 11 is 0. The van der Waals surface area contributed by atoms with E-state index >= 15 is 0 Å². The van der Waals surface area contributed by atoms with Crippen molar-refractivity contribution in [3.05, 3.63) is 0 Å². The molecule has 3 nitrogen and oxygen atoms in total. The van der Waals surface area contributed by atoms with Gasteiger partial charge in [-0.1, -0.05) is 5.92 Å². The van der Waals surface area contributed by atoms with Crippen molar-refractivity contribution in [3.63, 3.8) is 0 Å². The summed E-state index contributed by atoms with van der Waals surface area (Å²) in [5, 5.41) is 2.95. The summed E-state index contributed by atoms with van der Waals surface area (Å²) in [5.74, 6) is 2.58. The van der Waals surface area contributed by atoms with Crippen LogP contribution in [0.25, 0.3) is 0 Å². The molecule has 82 valence electrons. The molecule has 0 unspecified atom stereocenters. The van der Waals surface area contributed by atoms with Gasteiger partial charge in [0.15, 0.2) is 0 Å². The molecule has 0 bridgehead atoms. The molecular formula is C11H21NO2. The summed E-state index contributed by atoms with van der Waals surface area (Å²) in [5.41, 5.74) is -0.457. The zero-order valence-corrected chi connectivity index (χ0v) is 9.97. The van der Waals surface area contributed by atoms with Crippen LogP contribution >= 0.6 is 0 Å². The van der Waals surface area contributed by atoms with Crippen LogP contribution in [-0.4, -0.2) is 24.7 Å². The number of hydrogen-bond donors (Lipinski definition) is 1. The van der Waals surface area contributed by atoms with E-state index in [1.165, 1.54) is 0 Å². The molecule has 0 heterocycles. The molecular weight excluding hydrogens is 178 g/mol. The Kier molecular flexibility index (Phi) is 7.12. The van der Waals surface area contributed by atoms with E-state index in [9.17, 15) is 4.79 Å². The van der Waals surface area contributed by atoms with Crippen molar-refractivity contribution >= 4 is 6.47 Å². The average molecular weight is 199 g/mol. The van der Waals surface area contributed by atoms with E-state index in [-0.39, 0.29) is 11.1 Å². The predicted molar refractivity (Wildman–Crippen MR) is 58.9 cm³/mol. The van der Waals surface area contributed by atoms with Crippen molar-refractivity contribution < 1.29 is 9.53 Å². The summed E-state index contributed by atoms with van der Waals surface area (Å²) in [4.78, 5) is 9.60. The topological polar surface area (TPSA) is 38.3 Å². The van der Waals surface area contributed by atoms with E-state index in [1.54, 1.807) is 0 Å². The van der Waals surface area contributed by atoms with Gasteiger partial charge in [-0.05, 0) is 41.7 Å². The van der Waals surface area contributed by atoms with E-state index < -0.39 is 0 Å². The monoisotopic (exact) mass is 199 g/mol. The van der Waals surface area contributed by atoms with Crippen molar-refractivity contribution in [2.45, 2.75) is 45.8 Å². The summed E-state index contributed by atoms with van der Waals surface area (Å²) in [6, 6.07) is 0. The van der Waals surface area contributed by atoms with Gasteiger partial charge in [-0.15, -0.1) is 6.42 Å². The third-order valence-corrected chi connectivity index (χ3v) is 1.39. The molecule has 0 spiro atoms. The first-order valence-corrected chi connectivity index (χ1v) is 4.46. The first kappa shape index (κ1) is 15.5. The van der Waals surface area contributed by atoms with Gasteiger partial charge < -0.3 is 10.1 Å².